The molecule has 11 nitrogen and oxygen atoms in total. The molecule has 3 fully saturated rings. The fraction of sp³-hybridized carbons (Fsp3) is 0.559. The number of piperidine rings is 1. The largest absolute Gasteiger partial charge is 0.393 e. The first-order valence-electron chi connectivity index (χ1n) is 17.1. The first-order chi connectivity index (χ1) is 23.8. The Balaban J connectivity index is 0.998. The molecule has 7 rings (SSSR count). The number of anilines is 1. The van der Waals surface area contributed by atoms with Gasteiger partial charge in [0.15, 0.2) is 0 Å². The Labute approximate surface area is 294 Å². The predicted molar refractivity (Wildman–Crippen MR) is 188 cm³/mol. The zero-order valence-corrected chi connectivity index (χ0v) is 30.0. The lowest BCUT2D eigenvalue weighted by atomic mass is 10.0. The molecule has 0 saturated carbocycles. The minimum absolute atomic E-state index is 0.129. The van der Waals surface area contributed by atoms with Gasteiger partial charge < -0.3 is 9.88 Å². The van der Waals surface area contributed by atoms with Crippen molar-refractivity contribution >= 4 is 48.5 Å². The summed E-state index contributed by atoms with van der Waals surface area (Å²) in [7, 11) is -2.01. The first-order valence-corrected chi connectivity index (χ1v) is 19.4. The first kappa shape index (κ1) is 35.1. The lowest BCUT2D eigenvalue weighted by Gasteiger charge is -2.43. The molecule has 1 aromatic carbocycles. The van der Waals surface area contributed by atoms with Gasteiger partial charge in [0.1, 0.15) is 28.7 Å². The van der Waals surface area contributed by atoms with Gasteiger partial charge in [0.2, 0.25) is 0 Å². The number of aromatic nitrogens is 3. The Hall–Kier alpha value is -3.33. The molecule has 3 aliphatic heterocycles. The number of benzene rings is 1. The average molecular weight is 730 g/mol. The van der Waals surface area contributed by atoms with Crippen molar-refractivity contribution < 1.29 is 21.6 Å². The molecule has 6 heterocycles. The van der Waals surface area contributed by atoms with E-state index in [0.717, 1.165) is 73.1 Å². The minimum atomic E-state index is -4.27. The van der Waals surface area contributed by atoms with Crippen molar-refractivity contribution in [2.45, 2.75) is 89.4 Å². The smallest absolute Gasteiger partial charge is 0.367 e. The topological polar surface area (TPSA) is 122 Å². The van der Waals surface area contributed by atoms with Crippen LogP contribution in [0.15, 0.2) is 30.6 Å². The molecule has 0 aliphatic carbocycles. The number of alkyl halides is 3. The van der Waals surface area contributed by atoms with Gasteiger partial charge in [0, 0.05) is 86.3 Å². The molecule has 4 aromatic rings. The fourth-order valence-electron chi connectivity index (χ4n) is 8.26. The molecule has 0 radical (unpaired) electrons. The van der Waals surface area contributed by atoms with Gasteiger partial charge in [-0.2, -0.15) is 31.2 Å². The van der Waals surface area contributed by atoms with E-state index >= 15 is 0 Å². The number of nitrogens with zero attached hydrogens (tertiary/aromatic N) is 7. The molecule has 2 N–H and O–H groups in total. The van der Waals surface area contributed by atoms with E-state index in [1.807, 2.05) is 6.07 Å². The third-order valence-electron chi connectivity index (χ3n) is 10.7. The Morgan fingerprint density at radius 3 is 2.46 bits per heavy atom. The molecule has 3 aliphatic rings. The summed E-state index contributed by atoms with van der Waals surface area (Å²) >= 11 is 1.06. The summed E-state index contributed by atoms with van der Waals surface area (Å²) in [5, 5.41) is 15.3. The Kier molecular flexibility index (Phi) is 9.59. The molecular weight excluding hydrogens is 688 g/mol. The van der Waals surface area contributed by atoms with Crippen molar-refractivity contribution in [2.75, 3.05) is 38.5 Å². The maximum Gasteiger partial charge on any atom is 0.393 e. The van der Waals surface area contributed by atoms with Crippen LogP contribution in [0.2, 0.25) is 0 Å². The average Bonchev–Trinajstić information content (AvgIpc) is 3.73. The van der Waals surface area contributed by atoms with E-state index in [-0.39, 0.29) is 29.0 Å². The van der Waals surface area contributed by atoms with E-state index in [4.69, 9.17) is 0 Å². The molecule has 3 atom stereocenters. The molecule has 3 aromatic heterocycles. The van der Waals surface area contributed by atoms with E-state index < -0.39 is 22.8 Å². The molecule has 16 heteroatoms. The SMILES string of the molecule is CNS(=O)(=O)N1CC2CCC(C1)N2C(C)Cn1c(C#N)cc2c(C)c(CN3CCC(Nc4ncnc5sc(CC(F)(F)F)cc45)CC3)ccc21. The number of fused-ring (bicyclic) bond motifs is 4. The van der Waals surface area contributed by atoms with Crippen molar-refractivity contribution in [1.29, 1.82) is 5.26 Å². The van der Waals surface area contributed by atoms with Crippen molar-refractivity contribution in [3.63, 3.8) is 0 Å². The van der Waals surface area contributed by atoms with Gasteiger partial charge in [0.25, 0.3) is 10.2 Å². The zero-order chi connectivity index (χ0) is 35.4. The highest BCUT2D eigenvalue weighted by Crippen LogP contribution is 2.36. The minimum Gasteiger partial charge on any atom is -0.367 e. The van der Waals surface area contributed by atoms with Crippen molar-refractivity contribution in [1.82, 2.24) is 33.4 Å². The Morgan fingerprint density at radius 2 is 1.80 bits per heavy atom. The number of nitrogens with one attached hydrogen (secondary N) is 2. The molecule has 3 unspecified atom stereocenters. The van der Waals surface area contributed by atoms with Crippen molar-refractivity contribution in [2.24, 2.45) is 0 Å². The van der Waals surface area contributed by atoms with E-state index in [9.17, 15) is 26.9 Å². The number of aryl methyl sites for hydroxylation is 1. The zero-order valence-electron chi connectivity index (χ0n) is 28.4. The van der Waals surface area contributed by atoms with Gasteiger partial charge in [0.05, 0.1) is 11.8 Å². The van der Waals surface area contributed by atoms with Gasteiger partial charge in [-0.15, -0.1) is 11.3 Å². The third-order valence-corrected chi connectivity index (χ3v) is 13.3. The summed E-state index contributed by atoms with van der Waals surface area (Å²) in [5.41, 5.74) is 4.03. The van der Waals surface area contributed by atoms with E-state index in [2.05, 4.69) is 66.4 Å². The van der Waals surface area contributed by atoms with Crippen LogP contribution in [-0.4, -0.2) is 101 Å². The van der Waals surface area contributed by atoms with Crippen molar-refractivity contribution in [3.05, 3.63) is 52.3 Å². The number of rotatable bonds is 10. The standard InChI is InChI=1S/C34H42F3N9O2S2/c1-21(46-25-5-6-26(46)19-44(18-25)50(47,48)39-3)16-45-27(15-38)12-29-22(2)23(4-7-31(29)45)17-43-10-8-24(9-11-43)42-32-30-13-28(14-34(35,36)37)49-33(30)41-20-40-32/h4,7,12-13,20-21,24-26,39H,5-6,8-11,14,16-19H2,1-3H3,(H,40,41,42). The summed E-state index contributed by atoms with van der Waals surface area (Å²) in [6.45, 7) is 8.40. The molecule has 268 valence electrons. The van der Waals surface area contributed by atoms with Gasteiger partial charge in [-0.3, -0.25) is 9.80 Å². The summed E-state index contributed by atoms with van der Waals surface area (Å²) in [6, 6.07) is 10.8. The summed E-state index contributed by atoms with van der Waals surface area (Å²) in [6.07, 6.45) is -0.163. The van der Waals surface area contributed by atoms with Gasteiger partial charge in [-0.05, 0) is 68.9 Å². The second-order valence-corrected chi connectivity index (χ2v) is 16.9. The summed E-state index contributed by atoms with van der Waals surface area (Å²) in [5.74, 6) is 0.586. The van der Waals surface area contributed by atoms with Crippen LogP contribution in [0.5, 0.6) is 0 Å². The normalized spacial score (nSPS) is 22.0. The second-order valence-electron chi connectivity index (χ2n) is 13.9. The Morgan fingerprint density at radius 1 is 1.08 bits per heavy atom. The molecule has 0 amide bonds. The number of nitriles is 1. The summed E-state index contributed by atoms with van der Waals surface area (Å²) < 4.78 is 70.0. The number of piperazine rings is 1. The quantitative estimate of drug-likeness (QED) is 0.234. The highest BCUT2D eigenvalue weighted by Gasteiger charge is 2.45. The highest BCUT2D eigenvalue weighted by atomic mass is 32.2. The number of likely N-dealkylation sites (tertiary alicyclic amines) is 1. The second kappa shape index (κ2) is 13.7. The maximum absolute atomic E-state index is 13.0. The third kappa shape index (κ3) is 6.96. The fourth-order valence-corrected chi connectivity index (χ4v) is 10.3. The van der Waals surface area contributed by atoms with Crippen LogP contribution in [0.25, 0.3) is 21.1 Å². The van der Waals surface area contributed by atoms with Crippen molar-refractivity contribution in [3.8, 4) is 6.07 Å². The van der Waals surface area contributed by atoms with Gasteiger partial charge in [-0.1, -0.05) is 6.07 Å². The van der Waals surface area contributed by atoms with Gasteiger partial charge >= 0.3 is 6.18 Å². The van der Waals surface area contributed by atoms with E-state index in [1.165, 1.54) is 18.9 Å². The van der Waals surface area contributed by atoms with Crippen LogP contribution >= 0.6 is 11.3 Å². The summed E-state index contributed by atoms with van der Waals surface area (Å²) in [4.78, 5) is 14.2. The van der Waals surface area contributed by atoms with Crippen LogP contribution in [0.3, 0.4) is 0 Å². The number of hydrogen-bond donors (Lipinski definition) is 2. The van der Waals surface area contributed by atoms with E-state index in [0.29, 0.717) is 41.4 Å². The molecule has 2 bridgehead atoms. The van der Waals surface area contributed by atoms with Crippen LogP contribution in [0.1, 0.15) is 54.3 Å². The Bertz CT molecular complexity index is 2020. The number of thiophene rings is 1. The van der Waals surface area contributed by atoms with Crippen LogP contribution in [0.4, 0.5) is 19.0 Å². The van der Waals surface area contributed by atoms with E-state index in [1.54, 1.807) is 10.4 Å². The van der Waals surface area contributed by atoms with Crippen LogP contribution in [0, 0.1) is 18.3 Å². The lowest BCUT2D eigenvalue weighted by molar-refractivity contribution is -0.126. The predicted octanol–water partition coefficient (Wildman–Crippen LogP) is 5.01. The molecule has 0 spiro atoms. The van der Waals surface area contributed by atoms with Crippen LogP contribution < -0.4 is 10.0 Å². The molecular formula is C34H42F3N9O2S2. The maximum atomic E-state index is 13.0. The van der Waals surface area contributed by atoms with Crippen LogP contribution in [-0.2, 0) is 29.7 Å². The molecule has 50 heavy (non-hydrogen) atoms. The lowest BCUT2D eigenvalue weighted by Crippen LogP contribution is -2.59. The highest BCUT2D eigenvalue weighted by molar-refractivity contribution is 7.87. The monoisotopic (exact) mass is 729 g/mol. The number of halogens is 3. The number of hydrogen-bond acceptors (Lipinski definition) is 9. The molecule has 3 saturated heterocycles. The van der Waals surface area contributed by atoms with Gasteiger partial charge in [-0.25, -0.2) is 14.7 Å².